The van der Waals surface area contributed by atoms with Gasteiger partial charge in [-0.05, 0) is 18.3 Å². The number of carbonyl (C=O) groups excluding carboxylic acids is 1. The fourth-order valence-corrected chi connectivity index (χ4v) is 1.94. The molecule has 1 aromatic heterocycles. The smallest absolute Gasteiger partial charge is 0.271 e. The minimum atomic E-state index is -0.0895. The summed E-state index contributed by atoms with van der Waals surface area (Å²) >= 11 is 0. The van der Waals surface area contributed by atoms with Gasteiger partial charge in [-0.25, -0.2) is 4.98 Å². The van der Waals surface area contributed by atoms with Crippen molar-refractivity contribution in [2.75, 3.05) is 6.54 Å². The number of hydrogen-bond acceptors (Lipinski definition) is 2. The van der Waals surface area contributed by atoms with Crippen molar-refractivity contribution in [3.05, 3.63) is 18.2 Å². The highest BCUT2D eigenvalue weighted by Crippen LogP contribution is 2.27. The number of nitrogens with one attached hydrogen (secondary N) is 2. The van der Waals surface area contributed by atoms with Crippen LogP contribution in [0.15, 0.2) is 12.5 Å². The van der Waals surface area contributed by atoms with Crippen molar-refractivity contribution in [3.8, 4) is 0 Å². The van der Waals surface area contributed by atoms with Crippen LogP contribution < -0.4 is 5.32 Å². The summed E-state index contributed by atoms with van der Waals surface area (Å²) in [6.07, 6.45) is 10.4. The van der Waals surface area contributed by atoms with E-state index in [2.05, 4.69) is 36.1 Å². The van der Waals surface area contributed by atoms with Gasteiger partial charge in [0, 0.05) is 12.7 Å². The Morgan fingerprint density at radius 1 is 1.32 bits per heavy atom. The van der Waals surface area contributed by atoms with Gasteiger partial charge in [0.1, 0.15) is 5.69 Å². The zero-order valence-corrected chi connectivity index (χ0v) is 12.5. The number of hydrogen-bond donors (Lipinski definition) is 2. The van der Waals surface area contributed by atoms with Gasteiger partial charge in [0.25, 0.3) is 5.91 Å². The number of aromatic amines is 1. The molecule has 0 atom stereocenters. The number of amides is 1. The third-order valence-electron chi connectivity index (χ3n) is 3.75. The van der Waals surface area contributed by atoms with E-state index >= 15 is 0 Å². The molecular formula is C15H27N3O. The van der Waals surface area contributed by atoms with Gasteiger partial charge in [0.05, 0.1) is 6.33 Å². The lowest BCUT2D eigenvalue weighted by Gasteiger charge is -2.22. The molecule has 108 valence electrons. The lowest BCUT2D eigenvalue weighted by Crippen LogP contribution is -2.24. The van der Waals surface area contributed by atoms with E-state index in [-0.39, 0.29) is 5.91 Å². The SMILES string of the molecule is CCC(C)(C)CCCCCCNC(=O)c1c[nH]cn1. The normalized spacial score (nSPS) is 11.5. The molecule has 0 aromatic carbocycles. The van der Waals surface area contributed by atoms with E-state index in [1.807, 2.05) is 0 Å². The van der Waals surface area contributed by atoms with Crippen LogP contribution in [0.4, 0.5) is 0 Å². The molecule has 0 aliphatic rings. The standard InChI is InChI=1S/C15H27N3O/c1-4-15(2,3)9-7-5-6-8-10-17-14(19)13-11-16-12-18-13/h11-12H,4-10H2,1-3H3,(H,16,18)(H,17,19). The molecule has 0 saturated carbocycles. The summed E-state index contributed by atoms with van der Waals surface area (Å²) < 4.78 is 0. The predicted molar refractivity (Wildman–Crippen MR) is 78.1 cm³/mol. The van der Waals surface area contributed by atoms with Crippen LogP contribution in [-0.4, -0.2) is 22.4 Å². The first-order valence-corrected chi connectivity index (χ1v) is 7.32. The minimum Gasteiger partial charge on any atom is -0.351 e. The Balaban J connectivity index is 1.99. The van der Waals surface area contributed by atoms with E-state index in [0.29, 0.717) is 11.1 Å². The van der Waals surface area contributed by atoms with E-state index in [4.69, 9.17) is 0 Å². The Labute approximate surface area is 116 Å². The Morgan fingerprint density at radius 3 is 2.68 bits per heavy atom. The summed E-state index contributed by atoms with van der Waals surface area (Å²) in [7, 11) is 0. The molecule has 1 aromatic rings. The molecule has 1 rings (SSSR count). The Morgan fingerprint density at radius 2 is 2.05 bits per heavy atom. The van der Waals surface area contributed by atoms with Crippen LogP contribution >= 0.6 is 0 Å². The summed E-state index contributed by atoms with van der Waals surface area (Å²) in [6, 6.07) is 0. The van der Waals surface area contributed by atoms with Gasteiger partial charge in [-0.1, -0.05) is 46.5 Å². The molecule has 19 heavy (non-hydrogen) atoms. The van der Waals surface area contributed by atoms with Crippen molar-refractivity contribution in [1.82, 2.24) is 15.3 Å². The molecule has 0 bridgehead atoms. The van der Waals surface area contributed by atoms with Gasteiger partial charge in [-0.15, -0.1) is 0 Å². The second-order valence-electron chi connectivity index (χ2n) is 5.89. The van der Waals surface area contributed by atoms with Crippen LogP contribution in [-0.2, 0) is 0 Å². The second kappa shape index (κ2) is 7.97. The summed E-state index contributed by atoms with van der Waals surface area (Å²) in [5, 5.41) is 2.88. The van der Waals surface area contributed by atoms with Crippen molar-refractivity contribution in [3.63, 3.8) is 0 Å². The molecule has 2 N–H and O–H groups in total. The van der Waals surface area contributed by atoms with Crippen molar-refractivity contribution >= 4 is 5.91 Å². The minimum absolute atomic E-state index is 0.0895. The number of H-pyrrole nitrogens is 1. The second-order valence-corrected chi connectivity index (χ2v) is 5.89. The molecule has 0 saturated heterocycles. The van der Waals surface area contributed by atoms with Crippen molar-refractivity contribution in [2.45, 2.75) is 59.3 Å². The molecular weight excluding hydrogens is 238 g/mol. The fraction of sp³-hybridized carbons (Fsp3) is 0.733. The van der Waals surface area contributed by atoms with Crippen molar-refractivity contribution in [2.24, 2.45) is 5.41 Å². The predicted octanol–water partition coefficient (Wildman–Crippen LogP) is 3.53. The van der Waals surface area contributed by atoms with Gasteiger partial charge in [-0.2, -0.15) is 0 Å². The number of aromatic nitrogens is 2. The number of rotatable bonds is 9. The van der Waals surface area contributed by atoms with E-state index in [1.54, 1.807) is 6.20 Å². The third kappa shape index (κ3) is 6.41. The third-order valence-corrected chi connectivity index (χ3v) is 3.75. The van der Waals surface area contributed by atoms with Crippen LogP contribution in [0.25, 0.3) is 0 Å². The van der Waals surface area contributed by atoms with E-state index in [1.165, 1.54) is 38.4 Å². The van der Waals surface area contributed by atoms with Crippen LogP contribution in [0, 0.1) is 5.41 Å². The average Bonchev–Trinajstić information content (AvgIpc) is 2.91. The summed E-state index contributed by atoms with van der Waals surface area (Å²) in [6.45, 7) is 7.65. The maximum atomic E-state index is 11.6. The van der Waals surface area contributed by atoms with Gasteiger partial charge >= 0.3 is 0 Å². The molecule has 0 unspecified atom stereocenters. The Bertz CT molecular complexity index is 357. The first-order chi connectivity index (χ1) is 9.05. The topological polar surface area (TPSA) is 57.8 Å². The van der Waals surface area contributed by atoms with Crippen molar-refractivity contribution < 1.29 is 4.79 Å². The maximum absolute atomic E-state index is 11.6. The summed E-state index contributed by atoms with van der Waals surface area (Å²) in [5.41, 5.74) is 0.943. The molecule has 4 nitrogen and oxygen atoms in total. The highest BCUT2D eigenvalue weighted by Gasteiger charge is 2.13. The number of unbranched alkanes of at least 4 members (excludes halogenated alkanes) is 3. The molecule has 1 amide bonds. The first kappa shape index (κ1) is 15.7. The quantitative estimate of drug-likeness (QED) is 0.671. The zero-order valence-electron chi connectivity index (χ0n) is 12.5. The lowest BCUT2D eigenvalue weighted by atomic mass is 9.84. The highest BCUT2D eigenvalue weighted by atomic mass is 16.1. The Hall–Kier alpha value is -1.32. The van der Waals surface area contributed by atoms with Gasteiger partial charge in [-0.3, -0.25) is 4.79 Å². The molecule has 0 aliphatic heterocycles. The van der Waals surface area contributed by atoms with Crippen LogP contribution in [0.1, 0.15) is 69.8 Å². The van der Waals surface area contributed by atoms with E-state index in [9.17, 15) is 4.79 Å². The largest absolute Gasteiger partial charge is 0.351 e. The lowest BCUT2D eigenvalue weighted by molar-refractivity contribution is 0.0948. The number of imidazole rings is 1. The van der Waals surface area contributed by atoms with Gasteiger partial charge in [0.2, 0.25) is 0 Å². The molecule has 0 aliphatic carbocycles. The average molecular weight is 265 g/mol. The highest BCUT2D eigenvalue weighted by molar-refractivity contribution is 5.91. The fourth-order valence-electron chi connectivity index (χ4n) is 1.94. The first-order valence-electron chi connectivity index (χ1n) is 7.32. The number of nitrogens with zero attached hydrogens (tertiary/aromatic N) is 1. The maximum Gasteiger partial charge on any atom is 0.271 e. The van der Waals surface area contributed by atoms with Crippen LogP contribution in [0.3, 0.4) is 0 Å². The van der Waals surface area contributed by atoms with E-state index in [0.717, 1.165) is 13.0 Å². The molecule has 0 radical (unpaired) electrons. The van der Waals surface area contributed by atoms with Crippen LogP contribution in [0.5, 0.6) is 0 Å². The van der Waals surface area contributed by atoms with Gasteiger partial charge in [0.15, 0.2) is 0 Å². The summed E-state index contributed by atoms with van der Waals surface area (Å²) in [4.78, 5) is 18.3. The monoisotopic (exact) mass is 265 g/mol. The van der Waals surface area contributed by atoms with E-state index < -0.39 is 0 Å². The van der Waals surface area contributed by atoms with Crippen LogP contribution in [0.2, 0.25) is 0 Å². The summed E-state index contributed by atoms with van der Waals surface area (Å²) in [5.74, 6) is -0.0895. The molecule has 1 heterocycles. The molecule has 0 fully saturated rings. The van der Waals surface area contributed by atoms with Gasteiger partial charge < -0.3 is 10.3 Å². The Kier molecular flexibility index (Phi) is 6.60. The zero-order chi connectivity index (χ0) is 14.1. The molecule has 0 spiro atoms. The van der Waals surface area contributed by atoms with Crippen molar-refractivity contribution in [1.29, 1.82) is 0 Å². The molecule has 4 heteroatoms. The number of carbonyl (C=O) groups is 1.